The summed E-state index contributed by atoms with van der Waals surface area (Å²) in [6.45, 7) is 3.51. The fourth-order valence-corrected chi connectivity index (χ4v) is 3.66. The van der Waals surface area contributed by atoms with Crippen LogP contribution < -0.4 is 10.6 Å². The lowest BCUT2D eigenvalue weighted by Gasteiger charge is -2.17. The molecule has 0 atom stereocenters. The van der Waals surface area contributed by atoms with Gasteiger partial charge < -0.3 is 15.7 Å². The molecule has 1 aromatic heterocycles. The minimum absolute atomic E-state index is 0.0542. The Morgan fingerprint density at radius 1 is 1.14 bits per heavy atom. The van der Waals surface area contributed by atoms with Gasteiger partial charge in [0.25, 0.3) is 5.91 Å². The van der Waals surface area contributed by atoms with Crippen LogP contribution in [-0.2, 0) is 11.8 Å². The van der Waals surface area contributed by atoms with Crippen LogP contribution in [-0.4, -0.2) is 39.5 Å². The number of benzene rings is 2. The smallest absolute Gasteiger partial charge is 0.386 e. The molecule has 13 heteroatoms. The zero-order valence-corrected chi connectivity index (χ0v) is 19.4. The van der Waals surface area contributed by atoms with E-state index in [-0.39, 0.29) is 28.9 Å². The van der Waals surface area contributed by atoms with Gasteiger partial charge in [0, 0.05) is 23.5 Å². The van der Waals surface area contributed by atoms with Crippen molar-refractivity contribution in [1.29, 1.82) is 5.41 Å². The van der Waals surface area contributed by atoms with Gasteiger partial charge in [0.2, 0.25) is 0 Å². The van der Waals surface area contributed by atoms with Gasteiger partial charge in [-0.1, -0.05) is 23.9 Å². The number of rotatable bonds is 8. The highest BCUT2D eigenvalue weighted by Crippen LogP contribution is 2.33. The van der Waals surface area contributed by atoms with Gasteiger partial charge >= 0.3 is 6.18 Å². The zero-order chi connectivity index (χ0) is 25.8. The van der Waals surface area contributed by atoms with Gasteiger partial charge in [0.05, 0.1) is 11.2 Å². The molecule has 0 bridgehead atoms. The summed E-state index contributed by atoms with van der Waals surface area (Å²) in [5, 5.41) is 30.7. The zero-order valence-electron chi connectivity index (χ0n) is 18.5. The van der Waals surface area contributed by atoms with E-state index < -0.39 is 29.0 Å². The number of aromatic nitrogens is 2. The summed E-state index contributed by atoms with van der Waals surface area (Å²) in [4.78, 5) is 12.3. The number of aliphatic hydroxyl groups is 1. The molecule has 0 saturated heterocycles. The predicted molar refractivity (Wildman–Crippen MR) is 121 cm³/mol. The highest BCUT2D eigenvalue weighted by atomic mass is 32.2. The highest BCUT2D eigenvalue weighted by Gasteiger charge is 2.34. The molecular formula is C22H21F4N5O3S. The maximum absolute atomic E-state index is 13.5. The van der Waals surface area contributed by atoms with E-state index in [0.29, 0.717) is 29.0 Å². The second kappa shape index (κ2) is 10.4. The fraction of sp³-hybridized carbons (Fsp3) is 0.273. The summed E-state index contributed by atoms with van der Waals surface area (Å²) in [6.07, 6.45) is -4.89. The second-order valence-corrected chi connectivity index (χ2v) is 8.93. The van der Waals surface area contributed by atoms with E-state index in [4.69, 9.17) is 5.41 Å². The van der Waals surface area contributed by atoms with Gasteiger partial charge in [-0.25, -0.2) is 9.02 Å². The van der Waals surface area contributed by atoms with Crippen LogP contribution in [0, 0.1) is 11.2 Å². The standard InChI is InChI=1S/C22H21F4N5O3S/c1-21(2,33)13-5-3-12(4-6-13)19(32)28-9-10-35-20-17(30-34-31-20)18(27)29-14-7-8-16(23)15(11-14)22(24,25)26/h3-8,11,33H,9-10H2,1-2H3,(H2,27,29)(H,28,32). The van der Waals surface area contributed by atoms with Crippen molar-refractivity contribution >= 4 is 29.2 Å². The Morgan fingerprint density at radius 3 is 2.46 bits per heavy atom. The van der Waals surface area contributed by atoms with Crippen LogP contribution in [0.4, 0.5) is 23.2 Å². The van der Waals surface area contributed by atoms with Gasteiger partial charge in [-0.2, -0.15) is 13.2 Å². The van der Waals surface area contributed by atoms with Crippen molar-refractivity contribution in [2.24, 2.45) is 0 Å². The number of hydrogen-bond donors (Lipinski definition) is 4. The van der Waals surface area contributed by atoms with E-state index in [1.54, 1.807) is 38.1 Å². The molecular weight excluding hydrogens is 490 g/mol. The molecule has 1 heterocycles. The number of amidine groups is 1. The number of hydrogen-bond acceptors (Lipinski definition) is 7. The first-order chi connectivity index (χ1) is 16.4. The molecule has 186 valence electrons. The maximum atomic E-state index is 13.5. The van der Waals surface area contributed by atoms with E-state index in [0.717, 1.165) is 17.8 Å². The SMILES string of the molecule is CC(C)(O)c1ccc(C(=O)NCCSc2nonc2C(=N)Nc2ccc(F)c(C(F)(F)F)c2)cc1. The van der Waals surface area contributed by atoms with E-state index in [2.05, 4.69) is 25.6 Å². The summed E-state index contributed by atoms with van der Waals surface area (Å²) in [5.41, 5.74) is -1.62. The van der Waals surface area contributed by atoms with Crippen LogP contribution >= 0.6 is 11.8 Å². The van der Waals surface area contributed by atoms with Gasteiger partial charge in [0.1, 0.15) is 5.82 Å². The third-order valence-corrected chi connectivity index (χ3v) is 5.67. The number of anilines is 1. The topological polar surface area (TPSA) is 124 Å². The molecule has 1 amide bonds. The van der Waals surface area contributed by atoms with Crippen molar-refractivity contribution in [1.82, 2.24) is 15.6 Å². The molecule has 2 aromatic carbocycles. The fourth-order valence-electron chi connectivity index (χ4n) is 2.90. The van der Waals surface area contributed by atoms with Crippen molar-refractivity contribution in [2.45, 2.75) is 30.7 Å². The third kappa shape index (κ3) is 6.79. The number of thioether (sulfide) groups is 1. The lowest BCUT2D eigenvalue weighted by Crippen LogP contribution is -2.26. The number of carbonyl (C=O) groups excluding carboxylic acids is 1. The van der Waals surface area contributed by atoms with Crippen LogP contribution in [0.2, 0.25) is 0 Å². The van der Waals surface area contributed by atoms with Gasteiger partial charge in [-0.05, 0) is 60.1 Å². The lowest BCUT2D eigenvalue weighted by molar-refractivity contribution is -0.139. The molecule has 3 aromatic rings. The largest absolute Gasteiger partial charge is 0.419 e. The Hall–Kier alpha value is -3.45. The number of carbonyl (C=O) groups is 1. The summed E-state index contributed by atoms with van der Waals surface area (Å²) in [6, 6.07) is 8.78. The first kappa shape index (κ1) is 26.2. The Labute approximate surface area is 201 Å². The van der Waals surface area contributed by atoms with E-state index in [1.165, 1.54) is 0 Å². The van der Waals surface area contributed by atoms with Crippen molar-refractivity contribution in [2.75, 3.05) is 17.6 Å². The van der Waals surface area contributed by atoms with E-state index in [9.17, 15) is 27.5 Å². The quantitative estimate of drug-likeness (QED) is 0.116. The number of nitrogens with zero attached hydrogens (tertiary/aromatic N) is 2. The first-order valence-corrected chi connectivity index (χ1v) is 11.1. The molecule has 0 aliphatic carbocycles. The predicted octanol–water partition coefficient (Wildman–Crippen LogP) is 4.41. The Balaban J connectivity index is 1.54. The summed E-state index contributed by atoms with van der Waals surface area (Å²) in [7, 11) is 0. The molecule has 0 aliphatic rings. The Kier molecular flexibility index (Phi) is 7.80. The molecule has 3 rings (SSSR count). The van der Waals surface area contributed by atoms with Gasteiger partial charge in [0.15, 0.2) is 16.6 Å². The molecule has 0 spiro atoms. The molecule has 0 aliphatic heterocycles. The number of alkyl halides is 3. The van der Waals surface area contributed by atoms with E-state index in [1.807, 2.05) is 0 Å². The van der Waals surface area contributed by atoms with Crippen molar-refractivity contribution in [3.8, 4) is 0 Å². The van der Waals surface area contributed by atoms with Crippen LogP contribution in [0.15, 0.2) is 52.1 Å². The highest BCUT2D eigenvalue weighted by molar-refractivity contribution is 7.99. The number of amides is 1. The summed E-state index contributed by atoms with van der Waals surface area (Å²) < 4.78 is 56.8. The molecule has 0 fully saturated rings. The first-order valence-electron chi connectivity index (χ1n) is 10.2. The molecule has 0 unspecified atom stereocenters. The van der Waals surface area contributed by atoms with Crippen molar-refractivity contribution < 1.29 is 32.1 Å². The van der Waals surface area contributed by atoms with Crippen LogP contribution in [0.25, 0.3) is 0 Å². The lowest BCUT2D eigenvalue weighted by atomic mass is 9.97. The minimum Gasteiger partial charge on any atom is -0.386 e. The Morgan fingerprint density at radius 2 is 1.83 bits per heavy atom. The number of halogens is 4. The third-order valence-electron chi connectivity index (χ3n) is 4.72. The molecule has 4 N–H and O–H groups in total. The van der Waals surface area contributed by atoms with Crippen molar-refractivity contribution in [3.63, 3.8) is 0 Å². The minimum atomic E-state index is -4.89. The maximum Gasteiger partial charge on any atom is 0.419 e. The average Bonchev–Trinajstić information content (AvgIpc) is 3.25. The molecule has 35 heavy (non-hydrogen) atoms. The monoisotopic (exact) mass is 511 g/mol. The van der Waals surface area contributed by atoms with Crippen LogP contribution in [0.1, 0.15) is 41.0 Å². The molecule has 8 nitrogen and oxygen atoms in total. The summed E-state index contributed by atoms with van der Waals surface area (Å²) in [5.74, 6) is -1.82. The second-order valence-electron chi connectivity index (χ2n) is 7.85. The Bertz CT molecular complexity index is 1210. The van der Waals surface area contributed by atoms with Gasteiger partial charge in [-0.3, -0.25) is 10.2 Å². The normalized spacial score (nSPS) is 11.9. The molecule has 0 radical (unpaired) electrons. The average molecular weight is 512 g/mol. The summed E-state index contributed by atoms with van der Waals surface area (Å²) >= 11 is 1.11. The van der Waals surface area contributed by atoms with Crippen LogP contribution in [0.3, 0.4) is 0 Å². The van der Waals surface area contributed by atoms with Crippen LogP contribution in [0.5, 0.6) is 0 Å². The van der Waals surface area contributed by atoms with Gasteiger partial charge in [-0.15, -0.1) is 0 Å². The van der Waals surface area contributed by atoms with Crippen molar-refractivity contribution in [3.05, 3.63) is 70.7 Å². The molecule has 0 saturated carbocycles. The number of nitrogens with one attached hydrogen (secondary N) is 3. The van der Waals surface area contributed by atoms with E-state index >= 15 is 0 Å².